The molecule has 0 aromatic carbocycles. The zero-order chi connectivity index (χ0) is 14.3. The Morgan fingerprint density at radius 3 is 2.75 bits per heavy atom. The van der Waals surface area contributed by atoms with Crippen LogP contribution in [-0.4, -0.2) is 34.0 Å². The van der Waals surface area contributed by atoms with E-state index in [0.717, 1.165) is 30.2 Å². The predicted octanol–water partition coefficient (Wildman–Crippen LogP) is 3.37. The molecule has 1 saturated carbocycles. The lowest BCUT2D eigenvalue weighted by atomic mass is 9.85. The van der Waals surface area contributed by atoms with Gasteiger partial charge in [-0.25, -0.2) is 4.79 Å². The third kappa shape index (κ3) is 2.29. The first-order chi connectivity index (χ1) is 9.59. The number of amides is 1. The minimum absolute atomic E-state index is 0.103. The summed E-state index contributed by atoms with van der Waals surface area (Å²) in [6, 6.07) is 1.28. The number of halogens is 1. The molecule has 108 valence electrons. The summed E-state index contributed by atoms with van der Waals surface area (Å²) in [5.74, 6) is -0.651. The molecule has 4 nitrogen and oxygen atoms in total. The molecule has 3 rings (SSSR count). The second-order valence-corrected chi connectivity index (χ2v) is 7.28. The van der Waals surface area contributed by atoms with Crippen molar-refractivity contribution in [3.63, 3.8) is 0 Å². The van der Waals surface area contributed by atoms with Crippen LogP contribution in [0.3, 0.4) is 0 Å². The van der Waals surface area contributed by atoms with Crippen molar-refractivity contribution >= 4 is 39.1 Å². The van der Waals surface area contributed by atoms with Crippen LogP contribution in [0.5, 0.6) is 0 Å². The average Bonchev–Trinajstić information content (AvgIpc) is 3.01. The van der Waals surface area contributed by atoms with Crippen LogP contribution >= 0.6 is 27.3 Å². The third-order valence-electron chi connectivity index (χ3n) is 4.42. The van der Waals surface area contributed by atoms with Crippen molar-refractivity contribution in [1.29, 1.82) is 0 Å². The van der Waals surface area contributed by atoms with E-state index in [9.17, 15) is 14.7 Å². The molecule has 0 bridgehead atoms. The highest BCUT2D eigenvalue weighted by Crippen LogP contribution is 2.41. The zero-order valence-corrected chi connectivity index (χ0v) is 13.3. The smallest absolute Gasteiger partial charge is 0.326 e. The van der Waals surface area contributed by atoms with Gasteiger partial charge in [0.2, 0.25) is 0 Å². The molecule has 2 aliphatic rings. The molecule has 2 heterocycles. The van der Waals surface area contributed by atoms with Gasteiger partial charge in [-0.2, -0.15) is 0 Å². The second-order valence-electron chi connectivity index (χ2n) is 5.51. The molecule has 1 aromatic rings. The van der Waals surface area contributed by atoms with Crippen molar-refractivity contribution in [2.45, 2.75) is 44.2 Å². The van der Waals surface area contributed by atoms with Gasteiger partial charge in [0.15, 0.2) is 0 Å². The fraction of sp³-hybridized carbons (Fsp3) is 0.571. The van der Waals surface area contributed by atoms with Crippen LogP contribution in [0, 0.1) is 5.92 Å². The van der Waals surface area contributed by atoms with Crippen LogP contribution in [-0.2, 0) is 4.79 Å². The molecule has 1 aliphatic carbocycles. The molecule has 1 aromatic heterocycles. The number of carbonyl (C=O) groups excluding carboxylic acids is 1. The van der Waals surface area contributed by atoms with Crippen LogP contribution in [0.15, 0.2) is 15.9 Å². The molecule has 0 spiro atoms. The van der Waals surface area contributed by atoms with Gasteiger partial charge in [0, 0.05) is 10.5 Å². The fourth-order valence-electron chi connectivity index (χ4n) is 3.54. The molecule has 1 N–H and O–H groups in total. The highest BCUT2D eigenvalue weighted by molar-refractivity contribution is 9.10. The summed E-state index contributed by atoms with van der Waals surface area (Å²) in [4.78, 5) is 26.5. The number of carboxylic acids is 1. The Morgan fingerprint density at radius 1 is 1.35 bits per heavy atom. The average molecular weight is 358 g/mol. The molecule has 3 atom stereocenters. The summed E-state index contributed by atoms with van der Waals surface area (Å²) in [6.45, 7) is 0. The Balaban J connectivity index is 1.93. The lowest BCUT2D eigenvalue weighted by Crippen LogP contribution is -2.46. The van der Waals surface area contributed by atoms with E-state index in [1.807, 2.05) is 11.4 Å². The minimum Gasteiger partial charge on any atom is -0.480 e. The summed E-state index contributed by atoms with van der Waals surface area (Å²) in [5.41, 5.74) is 0. The normalized spacial score (nSPS) is 29.2. The fourth-order valence-corrected chi connectivity index (χ4v) is 5.02. The first-order valence-electron chi connectivity index (χ1n) is 6.88. The van der Waals surface area contributed by atoms with Gasteiger partial charge >= 0.3 is 5.97 Å². The number of carboxylic acid groups (broad SMARTS) is 1. The van der Waals surface area contributed by atoms with Gasteiger partial charge in [0.25, 0.3) is 5.91 Å². The van der Waals surface area contributed by atoms with Crippen molar-refractivity contribution < 1.29 is 14.7 Å². The molecular formula is C14H16BrNO3S. The first-order valence-corrected chi connectivity index (χ1v) is 8.55. The van der Waals surface area contributed by atoms with Crippen LogP contribution in [0.1, 0.15) is 41.8 Å². The number of nitrogens with zero attached hydrogens (tertiary/aromatic N) is 1. The van der Waals surface area contributed by atoms with E-state index in [-0.39, 0.29) is 11.9 Å². The van der Waals surface area contributed by atoms with E-state index in [2.05, 4.69) is 15.9 Å². The summed E-state index contributed by atoms with van der Waals surface area (Å²) in [7, 11) is 0. The van der Waals surface area contributed by atoms with Crippen molar-refractivity contribution in [2.75, 3.05) is 0 Å². The number of aliphatic carboxylic acids is 1. The van der Waals surface area contributed by atoms with Gasteiger partial charge in [-0.1, -0.05) is 12.8 Å². The Bertz CT molecular complexity index is 544. The highest BCUT2D eigenvalue weighted by Gasteiger charge is 2.48. The van der Waals surface area contributed by atoms with E-state index in [1.165, 1.54) is 11.3 Å². The van der Waals surface area contributed by atoms with Gasteiger partial charge in [-0.05, 0) is 52.6 Å². The van der Waals surface area contributed by atoms with Gasteiger partial charge in [-0.15, -0.1) is 11.3 Å². The molecule has 0 radical (unpaired) electrons. The summed E-state index contributed by atoms with van der Waals surface area (Å²) < 4.78 is 0.760. The van der Waals surface area contributed by atoms with Crippen LogP contribution in [0.25, 0.3) is 0 Å². The monoisotopic (exact) mass is 357 g/mol. The Kier molecular flexibility index (Phi) is 3.86. The second kappa shape index (κ2) is 5.48. The largest absolute Gasteiger partial charge is 0.480 e. The van der Waals surface area contributed by atoms with Gasteiger partial charge in [0.1, 0.15) is 10.9 Å². The summed E-state index contributed by atoms with van der Waals surface area (Å²) >= 11 is 4.74. The SMILES string of the molecule is O=C(O)C1CC2CCCCC2N1C(=O)c1sccc1Br. The number of hydrogen-bond donors (Lipinski definition) is 1. The molecule has 1 saturated heterocycles. The number of hydrogen-bond acceptors (Lipinski definition) is 3. The maximum atomic E-state index is 12.7. The summed E-state index contributed by atoms with van der Waals surface area (Å²) in [5, 5.41) is 11.3. The number of rotatable bonds is 2. The van der Waals surface area contributed by atoms with E-state index in [4.69, 9.17) is 0 Å². The van der Waals surface area contributed by atoms with E-state index in [0.29, 0.717) is 17.2 Å². The predicted molar refractivity (Wildman–Crippen MR) is 80.0 cm³/mol. The molecular weight excluding hydrogens is 342 g/mol. The maximum absolute atomic E-state index is 12.7. The minimum atomic E-state index is -0.875. The molecule has 3 unspecified atom stereocenters. The number of thiophene rings is 1. The van der Waals surface area contributed by atoms with Gasteiger partial charge < -0.3 is 10.0 Å². The van der Waals surface area contributed by atoms with Crippen LogP contribution in [0.2, 0.25) is 0 Å². The number of fused-ring (bicyclic) bond motifs is 1. The highest BCUT2D eigenvalue weighted by atomic mass is 79.9. The van der Waals surface area contributed by atoms with Crippen molar-refractivity contribution in [3.8, 4) is 0 Å². The van der Waals surface area contributed by atoms with Crippen molar-refractivity contribution in [2.24, 2.45) is 5.92 Å². The molecule has 20 heavy (non-hydrogen) atoms. The van der Waals surface area contributed by atoms with Gasteiger partial charge in [0.05, 0.1) is 0 Å². The molecule has 1 amide bonds. The van der Waals surface area contributed by atoms with E-state index >= 15 is 0 Å². The topological polar surface area (TPSA) is 57.6 Å². The zero-order valence-electron chi connectivity index (χ0n) is 10.9. The Morgan fingerprint density at radius 2 is 2.10 bits per heavy atom. The van der Waals surface area contributed by atoms with Crippen molar-refractivity contribution in [1.82, 2.24) is 4.90 Å². The maximum Gasteiger partial charge on any atom is 0.326 e. The number of carbonyl (C=O) groups is 2. The summed E-state index contributed by atoms with van der Waals surface area (Å²) in [6.07, 6.45) is 4.82. The van der Waals surface area contributed by atoms with E-state index < -0.39 is 12.0 Å². The lowest BCUT2D eigenvalue weighted by molar-refractivity contribution is -0.141. The standard InChI is InChI=1S/C14H16BrNO3S/c15-9-5-6-20-12(9)13(17)16-10-4-2-1-3-8(10)7-11(16)14(18)19/h5-6,8,10-11H,1-4,7H2,(H,18,19). The first kappa shape index (κ1) is 14.1. The quantitative estimate of drug-likeness (QED) is 0.882. The van der Waals surface area contributed by atoms with Crippen LogP contribution in [0.4, 0.5) is 0 Å². The van der Waals surface area contributed by atoms with Crippen molar-refractivity contribution in [3.05, 3.63) is 20.8 Å². The molecule has 2 fully saturated rings. The lowest BCUT2D eigenvalue weighted by Gasteiger charge is -2.32. The molecule has 6 heteroatoms. The van der Waals surface area contributed by atoms with Gasteiger partial charge in [-0.3, -0.25) is 4.79 Å². The number of likely N-dealkylation sites (tertiary alicyclic amines) is 1. The third-order valence-corrected chi connectivity index (χ3v) is 6.24. The van der Waals surface area contributed by atoms with Crippen LogP contribution < -0.4 is 0 Å². The molecule has 1 aliphatic heterocycles. The Labute approximate surface area is 129 Å². The Hall–Kier alpha value is -0.880. The van der Waals surface area contributed by atoms with E-state index in [1.54, 1.807) is 4.90 Å².